The molecule has 1 heterocycles. The van der Waals surface area contributed by atoms with Gasteiger partial charge in [-0.3, -0.25) is 4.79 Å². The lowest BCUT2D eigenvalue weighted by atomic mass is 9.90. The van der Waals surface area contributed by atoms with Crippen molar-refractivity contribution in [2.45, 2.75) is 18.9 Å². The Bertz CT molecular complexity index is 615. The number of allylic oxidation sites excluding steroid dienone is 1. The third kappa shape index (κ3) is 1.64. The van der Waals surface area contributed by atoms with Crippen LogP contribution in [0, 0.1) is 0 Å². The van der Waals surface area contributed by atoms with Crippen molar-refractivity contribution in [2.75, 3.05) is 0 Å². The Hall–Kier alpha value is -2.01. The number of H-pyrrole nitrogens is 1. The van der Waals surface area contributed by atoms with Crippen LogP contribution in [0.15, 0.2) is 24.3 Å². The van der Waals surface area contributed by atoms with E-state index in [1.165, 1.54) is 0 Å². The zero-order valence-electron chi connectivity index (χ0n) is 9.05. The van der Waals surface area contributed by atoms with E-state index >= 15 is 0 Å². The molecular formula is C12H11N3O2. The molecule has 1 unspecified atom stereocenters. The minimum absolute atomic E-state index is 0.0635. The van der Waals surface area contributed by atoms with Crippen molar-refractivity contribution in [1.82, 2.24) is 15.4 Å². The number of aliphatic hydroxyl groups is 1. The number of carbonyl (C=O) groups is 1. The summed E-state index contributed by atoms with van der Waals surface area (Å²) in [6, 6.07) is 5.60. The fourth-order valence-corrected chi connectivity index (χ4v) is 2.16. The number of aromatic amines is 1. The number of ketones is 1. The van der Waals surface area contributed by atoms with Crippen molar-refractivity contribution in [3.63, 3.8) is 0 Å². The number of fused-ring (bicyclic) bond motifs is 1. The van der Waals surface area contributed by atoms with Crippen LogP contribution < -0.4 is 0 Å². The van der Waals surface area contributed by atoms with Gasteiger partial charge in [-0.15, -0.1) is 0 Å². The average Bonchev–Trinajstić information content (AvgIpc) is 2.77. The molecule has 1 aliphatic carbocycles. The third-order valence-corrected chi connectivity index (χ3v) is 2.99. The fourth-order valence-electron chi connectivity index (χ4n) is 2.16. The maximum absolute atomic E-state index is 11.2. The first kappa shape index (κ1) is 10.2. The molecule has 1 aromatic carbocycles. The Labute approximate surface area is 97.1 Å². The second kappa shape index (κ2) is 3.78. The van der Waals surface area contributed by atoms with E-state index in [-0.39, 0.29) is 12.2 Å². The van der Waals surface area contributed by atoms with Crippen LogP contribution in [0.2, 0.25) is 0 Å². The number of para-hydroxylation sites is 1. The van der Waals surface area contributed by atoms with Crippen molar-refractivity contribution in [1.29, 1.82) is 0 Å². The molecule has 2 aromatic rings. The van der Waals surface area contributed by atoms with Crippen molar-refractivity contribution in [2.24, 2.45) is 0 Å². The van der Waals surface area contributed by atoms with Gasteiger partial charge in [0.1, 0.15) is 16.8 Å². The molecule has 1 atom stereocenters. The van der Waals surface area contributed by atoms with E-state index < -0.39 is 6.10 Å². The molecule has 0 amide bonds. The predicted octanol–water partition coefficient (Wildman–Crippen LogP) is 1.07. The van der Waals surface area contributed by atoms with Crippen LogP contribution in [0.3, 0.4) is 0 Å². The molecule has 0 aliphatic heterocycles. The molecule has 0 bridgehead atoms. The minimum Gasteiger partial charge on any atom is -0.388 e. The Balaban J connectivity index is 2.15. The smallest absolute Gasteiger partial charge is 0.139 e. The molecule has 2 N–H and O–H groups in total. The van der Waals surface area contributed by atoms with E-state index in [1.807, 2.05) is 18.2 Å². The summed E-state index contributed by atoms with van der Waals surface area (Å²) in [5.41, 5.74) is 3.10. The highest BCUT2D eigenvalue weighted by Gasteiger charge is 2.23. The number of aliphatic hydroxyl groups excluding tert-OH is 1. The lowest BCUT2D eigenvalue weighted by Crippen LogP contribution is -2.19. The molecule has 5 heteroatoms. The molecule has 0 fully saturated rings. The number of aromatic nitrogens is 3. The van der Waals surface area contributed by atoms with Gasteiger partial charge >= 0.3 is 0 Å². The molecular weight excluding hydrogens is 218 g/mol. The quantitative estimate of drug-likeness (QED) is 0.766. The number of hydrogen-bond donors (Lipinski definition) is 2. The number of carbonyl (C=O) groups excluding carboxylic acids is 1. The molecule has 5 nitrogen and oxygen atoms in total. The van der Waals surface area contributed by atoms with Crippen molar-refractivity contribution in [3.05, 3.63) is 29.8 Å². The maximum Gasteiger partial charge on any atom is 0.139 e. The third-order valence-electron chi connectivity index (χ3n) is 2.99. The molecule has 17 heavy (non-hydrogen) atoms. The molecule has 1 aromatic heterocycles. The van der Waals surface area contributed by atoms with Gasteiger partial charge in [-0.1, -0.05) is 18.2 Å². The predicted molar refractivity (Wildman–Crippen MR) is 62.1 cm³/mol. The van der Waals surface area contributed by atoms with Gasteiger partial charge < -0.3 is 5.11 Å². The van der Waals surface area contributed by atoms with Gasteiger partial charge in [0, 0.05) is 18.4 Å². The van der Waals surface area contributed by atoms with Gasteiger partial charge in [0.15, 0.2) is 0 Å². The Morgan fingerprint density at radius 3 is 3.06 bits per heavy atom. The standard InChI is InChI=1S/C12H11N3O2/c16-7-4-5-8(11(17)6-7)9-2-1-3-10-12(9)14-15-13-10/h1-3,5,11,17H,4,6H2,(H,13,14,15). The van der Waals surface area contributed by atoms with Crippen LogP contribution in [0.25, 0.3) is 16.6 Å². The summed E-state index contributed by atoms with van der Waals surface area (Å²) in [5, 5.41) is 20.6. The van der Waals surface area contributed by atoms with Crippen LogP contribution in [0.4, 0.5) is 0 Å². The highest BCUT2D eigenvalue weighted by molar-refractivity contribution is 5.94. The van der Waals surface area contributed by atoms with Gasteiger partial charge in [-0.2, -0.15) is 15.4 Å². The molecule has 0 spiro atoms. The Morgan fingerprint density at radius 1 is 1.35 bits per heavy atom. The van der Waals surface area contributed by atoms with Gasteiger partial charge in [0.25, 0.3) is 0 Å². The molecule has 0 saturated carbocycles. The molecule has 3 rings (SSSR count). The summed E-state index contributed by atoms with van der Waals surface area (Å²) in [6.07, 6.45) is 1.60. The lowest BCUT2D eigenvalue weighted by molar-refractivity contribution is -0.119. The molecule has 1 aliphatic rings. The summed E-state index contributed by atoms with van der Waals surface area (Å²) in [6.45, 7) is 0. The first-order chi connectivity index (χ1) is 8.25. The largest absolute Gasteiger partial charge is 0.388 e. The highest BCUT2D eigenvalue weighted by atomic mass is 16.3. The average molecular weight is 229 g/mol. The number of rotatable bonds is 1. The van der Waals surface area contributed by atoms with Crippen LogP contribution in [-0.2, 0) is 4.79 Å². The normalized spacial score (nSPS) is 20.6. The zero-order chi connectivity index (χ0) is 11.8. The first-order valence-corrected chi connectivity index (χ1v) is 5.45. The van der Waals surface area contributed by atoms with E-state index in [0.29, 0.717) is 6.42 Å². The fraction of sp³-hybridized carbons (Fsp3) is 0.250. The van der Waals surface area contributed by atoms with Crippen LogP contribution in [0.5, 0.6) is 0 Å². The number of nitrogens with zero attached hydrogens (tertiary/aromatic N) is 2. The maximum atomic E-state index is 11.2. The van der Waals surface area contributed by atoms with E-state index in [2.05, 4.69) is 15.4 Å². The van der Waals surface area contributed by atoms with Gasteiger partial charge in [0.2, 0.25) is 0 Å². The molecule has 0 radical (unpaired) electrons. The summed E-state index contributed by atoms with van der Waals surface area (Å²) >= 11 is 0. The van der Waals surface area contributed by atoms with Crippen LogP contribution >= 0.6 is 0 Å². The second-order valence-corrected chi connectivity index (χ2v) is 4.12. The Kier molecular flexibility index (Phi) is 2.26. The zero-order valence-corrected chi connectivity index (χ0v) is 9.05. The SMILES string of the molecule is O=C1CC=C(c2cccc3n[nH]nc23)C(O)C1. The topological polar surface area (TPSA) is 78.9 Å². The van der Waals surface area contributed by atoms with E-state index in [9.17, 15) is 9.90 Å². The Morgan fingerprint density at radius 2 is 2.24 bits per heavy atom. The molecule has 86 valence electrons. The number of benzene rings is 1. The van der Waals surface area contributed by atoms with E-state index in [1.54, 1.807) is 6.08 Å². The van der Waals surface area contributed by atoms with Crippen LogP contribution in [-0.4, -0.2) is 32.4 Å². The summed E-state index contributed by atoms with van der Waals surface area (Å²) in [5.74, 6) is 0.0635. The summed E-state index contributed by atoms with van der Waals surface area (Å²) in [7, 11) is 0. The number of Topliss-reactive ketones (excluding diaryl/α,β-unsaturated/α-hetero) is 1. The van der Waals surface area contributed by atoms with Crippen molar-refractivity contribution >= 4 is 22.4 Å². The number of hydrogen-bond acceptors (Lipinski definition) is 4. The highest BCUT2D eigenvalue weighted by Crippen LogP contribution is 2.29. The van der Waals surface area contributed by atoms with E-state index in [4.69, 9.17) is 0 Å². The van der Waals surface area contributed by atoms with Crippen LogP contribution in [0.1, 0.15) is 18.4 Å². The lowest BCUT2D eigenvalue weighted by Gasteiger charge is -2.18. The summed E-state index contributed by atoms with van der Waals surface area (Å²) in [4.78, 5) is 11.2. The van der Waals surface area contributed by atoms with Gasteiger partial charge in [-0.05, 0) is 11.6 Å². The summed E-state index contributed by atoms with van der Waals surface area (Å²) < 4.78 is 0. The molecule has 0 saturated heterocycles. The van der Waals surface area contributed by atoms with E-state index in [0.717, 1.165) is 22.2 Å². The first-order valence-electron chi connectivity index (χ1n) is 5.45. The minimum atomic E-state index is -0.737. The van der Waals surface area contributed by atoms with Gasteiger partial charge in [-0.25, -0.2) is 0 Å². The van der Waals surface area contributed by atoms with Crippen molar-refractivity contribution < 1.29 is 9.90 Å². The van der Waals surface area contributed by atoms with Gasteiger partial charge in [0.05, 0.1) is 6.10 Å². The van der Waals surface area contributed by atoms with Crippen molar-refractivity contribution in [3.8, 4) is 0 Å². The second-order valence-electron chi connectivity index (χ2n) is 4.12. The number of nitrogens with one attached hydrogen (secondary N) is 1. The monoisotopic (exact) mass is 229 g/mol.